The second kappa shape index (κ2) is 5.06. The number of hydrogen-bond acceptors (Lipinski definition) is 3. The number of rotatable bonds is 4. The zero-order chi connectivity index (χ0) is 15.2. The summed E-state index contributed by atoms with van der Waals surface area (Å²) in [5, 5.41) is 9.17. The van der Waals surface area contributed by atoms with Gasteiger partial charge in [0.15, 0.2) is 0 Å². The molecule has 3 rings (SSSR count). The first-order valence-electron chi connectivity index (χ1n) is 6.87. The Hall–Kier alpha value is -1.47. The van der Waals surface area contributed by atoms with Crippen molar-refractivity contribution in [3.8, 4) is 0 Å². The van der Waals surface area contributed by atoms with Gasteiger partial charge in [0, 0.05) is 17.6 Å². The summed E-state index contributed by atoms with van der Waals surface area (Å²) < 4.78 is 40.1. The molecule has 2 heterocycles. The van der Waals surface area contributed by atoms with Gasteiger partial charge in [0.25, 0.3) is 0 Å². The molecule has 0 amide bonds. The number of halogens is 1. The molecule has 0 radical (unpaired) electrons. The number of sulfonamides is 1. The predicted molar refractivity (Wildman–Crippen MR) is 73.4 cm³/mol. The van der Waals surface area contributed by atoms with Crippen LogP contribution in [-0.4, -0.2) is 35.9 Å². The van der Waals surface area contributed by atoms with Crippen LogP contribution >= 0.6 is 0 Å². The quantitative estimate of drug-likeness (QED) is 0.916. The summed E-state index contributed by atoms with van der Waals surface area (Å²) >= 11 is 0. The second-order valence-electron chi connectivity index (χ2n) is 5.66. The van der Waals surface area contributed by atoms with E-state index in [4.69, 9.17) is 0 Å². The summed E-state index contributed by atoms with van der Waals surface area (Å²) in [5.74, 6) is -2.56. The molecular formula is C14H16FNO4S. The fourth-order valence-electron chi connectivity index (χ4n) is 3.52. The molecule has 1 N–H and O–H groups in total. The number of nitrogens with zero attached hydrogens (tertiary/aromatic N) is 1. The first-order chi connectivity index (χ1) is 9.90. The average molecular weight is 313 g/mol. The van der Waals surface area contributed by atoms with Crippen LogP contribution < -0.4 is 0 Å². The lowest BCUT2D eigenvalue weighted by Crippen LogP contribution is -2.38. The molecule has 2 aliphatic rings. The predicted octanol–water partition coefficient (Wildman–Crippen LogP) is 1.59. The molecular weight excluding hydrogens is 297 g/mol. The summed E-state index contributed by atoms with van der Waals surface area (Å²) in [6.07, 6.45) is 1.61. The third kappa shape index (κ3) is 2.44. The molecule has 1 aromatic rings. The van der Waals surface area contributed by atoms with Crippen molar-refractivity contribution in [1.82, 2.24) is 4.31 Å². The minimum atomic E-state index is -3.71. The number of hydrogen-bond donors (Lipinski definition) is 1. The van der Waals surface area contributed by atoms with Crippen molar-refractivity contribution in [1.29, 1.82) is 0 Å². The Bertz CT molecular complexity index is 675. The highest BCUT2D eigenvalue weighted by molar-refractivity contribution is 7.88. The zero-order valence-electron chi connectivity index (χ0n) is 11.3. The van der Waals surface area contributed by atoms with Crippen molar-refractivity contribution < 1.29 is 22.7 Å². The van der Waals surface area contributed by atoms with E-state index in [0.717, 1.165) is 0 Å². The summed E-state index contributed by atoms with van der Waals surface area (Å²) in [7, 11) is -3.71. The molecule has 3 unspecified atom stereocenters. The molecule has 2 saturated heterocycles. The van der Waals surface area contributed by atoms with Gasteiger partial charge >= 0.3 is 5.97 Å². The Morgan fingerprint density at radius 2 is 2.05 bits per heavy atom. The highest BCUT2D eigenvalue weighted by Gasteiger charge is 2.53. The topological polar surface area (TPSA) is 74.7 Å². The molecule has 114 valence electrons. The van der Waals surface area contributed by atoms with Crippen LogP contribution in [0.1, 0.15) is 24.8 Å². The minimum absolute atomic E-state index is 0.121. The van der Waals surface area contributed by atoms with E-state index in [-0.39, 0.29) is 11.6 Å². The minimum Gasteiger partial charge on any atom is -0.481 e. The van der Waals surface area contributed by atoms with Crippen LogP contribution in [0.2, 0.25) is 0 Å². The Balaban J connectivity index is 1.87. The molecule has 0 spiro atoms. The number of aliphatic carboxylic acids is 1. The lowest BCUT2D eigenvalue weighted by Gasteiger charge is -2.22. The average Bonchev–Trinajstić information content (AvgIpc) is 2.99. The Labute approximate surface area is 122 Å². The first-order valence-corrected chi connectivity index (χ1v) is 8.48. The van der Waals surface area contributed by atoms with Crippen molar-refractivity contribution in [3.05, 3.63) is 35.6 Å². The summed E-state index contributed by atoms with van der Waals surface area (Å²) in [5.41, 5.74) is 0.121. The van der Waals surface area contributed by atoms with Crippen LogP contribution in [0.15, 0.2) is 24.3 Å². The fraction of sp³-hybridized carbons (Fsp3) is 0.500. The van der Waals surface area contributed by atoms with Gasteiger partial charge in [0.05, 0.1) is 11.7 Å². The molecule has 2 bridgehead atoms. The molecule has 21 heavy (non-hydrogen) atoms. The third-order valence-electron chi connectivity index (χ3n) is 4.41. The second-order valence-corrected chi connectivity index (χ2v) is 7.53. The van der Waals surface area contributed by atoms with E-state index in [0.29, 0.717) is 19.3 Å². The molecule has 3 atom stereocenters. The molecule has 5 nitrogen and oxygen atoms in total. The van der Waals surface area contributed by atoms with Crippen LogP contribution in [0.3, 0.4) is 0 Å². The SMILES string of the molecule is O=C(O)C1CC2CCC1N2S(=O)(=O)Cc1ccccc1F. The smallest absolute Gasteiger partial charge is 0.308 e. The van der Waals surface area contributed by atoms with Gasteiger partial charge < -0.3 is 5.11 Å². The molecule has 2 fully saturated rings. The largest absolute Gasteiger partial charge is 0.481 e. The lowest BCUT2D eigenvalue weighted by atomic mass is 9.89. The van der Waals surface area contributed by atoms with Gasteiger partial charge in [0.2, 0.25) is 10.0 Å². The van der Waals surface area contributed by atoms with Gasteiger partial charge in [-0.05, 0) is 25.3 Å². The van der Waals surface area contributed by atoms with Crippen LogP contribution in [0.4, 0.5) is 4.39 Å². The van der Waals surface area contributed by atoms with Crippen LogP contribution in [-0.2, 0) is 20.6 Å². The number of benzene rings is 1. The fourth-order valence-corrected chi connectivity index (χ4v) is 5.61. The maximum atomic E-state index is 13.6. The van der Waals surface area contributed by atoms with Crippen molar-refractivity contribution >= 4 is 16.0 Å². The van der Waals surface area contributed by atoms with Gasteiger partial charge in [-0.25, -0.2) is 12.8 Å². The lowest BCUT2D eigenvalue weighted by molar-refractivity contribution is -0.142. The Morgan fingerprint density at radius 1 is 1.33 bits per heavy atom. The standard InChI is InChI=1S/C14H16FNO4S/c15-12-4-2-1-3-9(12)8-21(19,20)16-10-5-6-13(16)11(7-10)14(17)18/h1-4,10-11,13H,5-8H2,(H,17,18). The van der Waals surface area contributed by atoms with Crippen LogP contribution in [0.25, 0.3) is 0 Å². The van der Waals surface area contributed by atoms with Gasteiger partial charge in [-0.1, -0.05) is 18.2 Å². The molecule has 7 heteroatoms. The van der Waals surface area contributed by atoms with Crippen LogP contribution in [0.5, 0.6) is 0 Å². The van der Waals surface area contributed by atoms with Gasteiger partial charge in [-0.3, -0.25) is 4.79 Å². The Kier molecular flexibility index (Phi) is 3.49. The van der Waals surface area contributed by atoms with E-state index in [1.165, 1.54) is 22.5 Å². The zero-order valence-corrected chi connectivity index (χ0v) is 12.1. The normalized spacial score (nSPS) is 28.9. The third-order valence-corrected chi connectivity index (χ3v) is 6.29. The van der Waals surface area contributed by atoms with E-state index in [9.17, 15) is 22.7 Å². The molecule has 1 aromatic carbocycles. The first kappa shape index (κ1) is 14.5. The number of fused-ring (bicyclic) bond motifs is 2. The number of carboxylic acids is 1. The van der Waals surface area contributed by atoms with Crippen LogP contribution in [0, 0.1) is 11.7 Å². The molecule has 2 aliphatic heterocycles. The van der Waals surface area contributed by atoms with E-state index in [1.54, 1.807) is 6.07 Å². The van der Waals surface area contributed by atoms with Gasteiger partial charge in [-0.2, -0.15) is 4.31 Å². The highest BCUT2D eigenvalue weighted by Crippen LogP contribution is 2.44. The van der Waals surface area contributed by atoms with Crippen molar-refractivity contribution in [2.45, 2.75) is 37.1 Å². The molecule has 0 aromatic heterocycles. The van der Waals surface area contributed by atoms with E-state index in [1.807, 2.05) is 0 Å². The maximum absolute atomic E-state index is 13.6. The van der Waals surface area contributed by atoms with Crippen molar-refractivity contribution in [3.63, 3.8) is 0 Å². The molecule has 0 aliphatic carbocycles. The summed E-state index contributed by atoms with van der Waals surface area (Å²) in [4.78, 5) is 11.2. The number of carbonyl (C=O) groups is 1. The van der Waals surface area contributed by atoms with E-state index >= 15 is 0 Å². The van der Waals surface area contributed by atoms with E-state index < -0.39 is 39.5 Å². The van der Waals surface area contributed by atoms with Gasteiger partial charge in [-0.15, -0.1) is 0 Å². The number of carboxylic acid groups (broad SMARTS) is 1. The summed E-state index contributed by atoms with van der Waals surface area (Å²) in [6, 6.07) is 5.03. The van der Waals surface area contributed by atoms with Crippen molar-refractivity contribution in [2.75, 3.05) is 0 Å². The monoisotopic (exact) mass is 313 g/mol. The van der Waals surface area contributed by atoms with Gasteiger partial charge in [0.1, 0.15) is 5.82 Å². The summed E-state index contributed by atoms with van der Waals surface area (Å²) in [6.45, 7) is 0. The highest BCUT2D eigenvalue weighted by atomic mass is 32.2. The Morgan fingerprint density at radius 3 is 2.67 bits per heavy atom. The molecule has 0 saturated carbocycles. The van der Waals surface area contributed by atoms with Crippen molar-refractivity contribution in [2.24, 2.45) is 5.92 Å². The van der Waals surface area contributed by atoms with E-state index in [2.05, 4.69) is 0 Å². The maximum Gasteiger partial charge on any atom is 0.308 e.